The van der Waals surface area contributed by atoms with Gasteiger partial charge in [-0.3, -0.25) is 9.71 Å². The molecule has 4 heterocycles. The highest BCUT2D eigenvalue weighted by atomic mass is 32.2. The Bertz CT molecular complexity index is 1370. The molecule has 4 aromatic rings. The number of nitrogens with zero attached hydrogens (tertiary/aromatic N) is 4. The van der Waals surface area contributed by atoms with Crippen molar-refractivity contribution >= 4 is 26.7 Å². The van der Waals surface area contributed by atoms with Crippen LogP contribution in [0.15, 0.2) is 72.1 Å². The van der Waals surface area contributed by atoms with Crippen molar-refractivity contribution in [3.05, 3.63) is 72.9 Å². The first-order valence-electron chi connectivity index (χ1n) is 10.8. The lowest BCUT2D eigenvalue weighted by atomic mass is 9.94. The van der Waals surface area contributed by atoms with Crippen LogP contribution in [0.25, 0.3) is 22.3 Å². The van der Waals surface area contributed by atoms with Crippen molar-refractivity contribution in [3.8, 4) is 11.3 Å². The Balaban J connectivity index is 1.45. The van der Waals surface area contributed by atoms with Gasteiger partial charge in [-0.15, -0.1) is 0 Å². The van der Waals surface area contributed by atoms with E-state index < -0.39 is 10.0 Å². The Morgan fingerprint density at radius 1 is 1.00 bits per heavy atom. The van der Waals surface area contributed by atoms with Crippen molar-refractivity contribution in [2.45, 2.75) is 24.2 Å². The highest BCUT2D eigenvalue weighted by Gasteiger charge is 2.18. The average molecular weight is 462 g/mol. The van der Waals surface area contributed by atoms with Gasteiger partial charge in [0, 0.05) is 25.0 Å². The van der Waals surface area contributed by atoms with Crippen LogP contribution in [0.2, 0.25) is 0 Å². The van der Waals surface area contributed by atoms with Crippen molar-refractivity contribution in [1.29, 1.82) is 0 Å². The van der Waals surface area contributed by atoms with Gasteiger partial charge in [0.1, 0.15) is 11.8 Å². The molecule has 33 heavy (non-hydrogen) atoms. The molecule has 8 nitrogen and oxygen atoms in total. The van der Waals surface area contributed by atoms with Crippen molar-refractivity contribution in [3.63, 3.8) is 0 Å². The summed E-state index contributed by atoms with van der Waals surface area (Å²) < 4.78 is 33.4. The monoisotopic (exact) mass is 461 g/mol. The lowest BCUT2D eigenvalue weighted by molar-refractivity contribution is 0.0663. The van der Waals surface area contributed by atoms with Gasteiger partial charge < -0.3 is 4.74 Å². The van der Waals surface area contributed by atoms with Crippen LogP contribution in [0.5, 0.6) is 0 Å². The zero-order valence-corrected chi connectivity index (χ0v) is 18.7. The number of benzene rings is 1. The molecule has 0 amide bonds. The standard InChI is InChI=1S/C24H23N5O3S/c30-33(31,20-4-2-1-3-5-20)29-19-13-18(14-25-15-19)21-6-7-22-24(28-21)23(27-16-26-22)12-17-8-10-32-11-9-17/h1-7,13-17,29H,8-12H2. The van der Waals surface area contributed by atoms with Crippen LogP contribution in [-0.2, 0) is 21.2 Å². The van der Waals surface area contributed by atoms with E-state index in [-0.39, 0.29) is 4.90 Å². The SMILES string of the molecule is O=S(=O)(Nc1cncc(-c2ccc3ncnc(CC4CCOCC4)c3n2)c1)c1ccccc1. The minimum Gasteiger partial charge on any atom is -0.381 e. The van der Waals surface area contributed by atoms with Crippen molar-refractivity contribution in [2.75, 3.05) is 17.9 Å². The Labute approximate surface area is 192 Å². The number of hydrogen-bond acceptors (Lipinski definition) is 7. The molecule has 0 saturated carbocycles. The lowest BCUT2D eigenvalue weighted by Crippen LogP contribution is -2.18. The lowest BCUT2D eigenvalue weighted by Gasteiger charge is -2.21. The number of hydrogen-bond donors (Lipinski definition) is 1. The van der Waals surface area contributed by atoms with E-state index in [1.165, 1.54) is 6.20 Å². The third kappa shape index (κ3) is 4.84. The van der Waals surface area contributed by atoms with Crippen molar-refractivity contribution in [1.82, 2.24) is 19.9 Å². The van der Waals surface area contributed by atoms with Crippen LogP contribution < -0.4 is 4.72 Å². The van der Waals surface area contributed by atoms with Gasteiger partial charge in [-0.2, -0.15) is 0 Å². The molecule has 0 atom stereocenters. The quantitative estimate of drug-likeness (QED) is 0.465. The molecule has 3 aromatic heterocycles. The molecular weight excluding hydrogens is 438 g/mol. The van der Waals surface area contributed by atoms with Gasteiger partial charge in [0.25, 0.3) is 10.0 Å². The minimum absolute atomic E-state index is 0.189. The normalized spacial score (nSPS) is 14.9. The molecular formula is C24H23N5O3S. The summed E-state index contributed by atoms with van der Waals surface area (Å²) in [5.74, 6) is 0.514. The molecule has 1 fully saturated rings. The van der Waals surface area contributed by atoms with Crippen LogP contribution in [0, 0.1) is 5.92 Å². The molecule has 0 radical (unpaired) electrons. The molecule has 0 bridgehead atoms. The zero-order chi connectivity index (χ0) is 22.7. The van der Waals surface area contributed by atoms with E-state index in [9.17, 15) is 8.42 Å². The van der Waals surface area contributed by atoms with E-state index >= 15 is 0 Å². The number of ether oxygens (including phenoxy) is 1. The maximum absolute atomic E-state index is 12.7. The summed E-state index contributed by atoms with van der Waals surface area (Å²) in [5.41, 5.74) is 4.21. The number of fused-ring (bicyclic) bond motifs is 1. The smallest absolute Gasteiger partial charge is 0.261 e. The maximum Gasteiger partial charge on any atom is 0.261 e. The molecule has 0 unspecified atom stereocenters. The van der Waals surface area contributed by atoms with Gasteiger partial charge in [-0.05, 0) is 55.5 Å². The predicted octanol–water partition coefficient (Wildman–Crippen LogP) is 3.86. The van der Waals surface area contributed by atoms with E-state index in [1.54, 1.807) is 48.9 Å². The summed E-state index contributed by atoms with van der Waals surface area (Å²) in [7, 11) is -3.71. The summed E-state index contributed by atoms with van der Waals surface area (Å²) in [6.45, 7) is 1.56. The topological polar surface area (TPSA) is 107 Å². The zero-order valence-electron chi connectivity index (χ0n) is 17.9. The Hall–Kier alpha value is -3.43. The first kappa shape index (κ1) is 21.4. The Morgan fingerprint density at radius 2 is 1.82 bits per heavy atom. The molecule has 0 aliphatic carbocycles. The average Bonchev–Trinajstić information content (AvgIpc) is 2.85. The molecule has 9 heteroatoms. The number of nitrogens with one attached hydrogen (secondary N) is 1. The maximum atomic E-state index is 12.7. The predicted molar refractivity (Wildman–Crippen MR) is 125 cm³/mol. The van der Waals surface area contributed by atoms with Gasteiger partial charge in [0.2, 0.25) is 0 Å². The summed E-state index contributed by atoms with van der Waals surface area (Å²) in [5, 5.41) is 0. The number of aromatic nitrogens is 4. The molecule has 5 rings (SSSR count). The summed E-state index contributed by atoms with van der Waals surface area (Å²) in [6, 6.07) is 13.7. The van der Waals surface area contributed by atoms with Crippen LogP contribution in [0.1, 0.15) is 18.5 Å². The van der Waals surface area contributed by atoms with E-state index in [4.69, 9.17) is 9.72 Å². The second kappa shape index (κ2) is 9.21. The summed E-state index contributed by atoms with van der Waals surface area (Å²) >= 11 is 0. The van der Waals surface area contributed by atoms with Gasteiger partial charge in [-0.25, -0.2) is 23.4 Å². The highest BCUT2D eigenvalue weighted by molar-refractivity contribution is 7.92. The van der Waals surface area contributed by atoms with Crippen molar-refractivity contribution in [2.24, 2.45) is 5.92 Å². The second-order valence-electron chi connectivity index (χ2n) is 8.03. The largest absolute Gasteiger partial charge is 0.381 e. The number of rotatable bonds is 6. The van der Waals surface area contributed by atoms with Gasteiger partial charge in [0.15, 0.2) is 0 Å². The second-order valence-corrected chi connectivity index (χ2v) is 9.71. The molecule has 1 aliphatic heterocycles. The fourth-order valence-corrected chi connectivity index (χ4v) is 5.03. The third-order valence-corrected chi connectivity index (χ3v) is 7.12. The highest BCUT2D eigenvalue weighted by Crippen LogP contribution is 2.26. The van der Waals surface area contributed by atoms with E-state index in [0.717, 1.165) is 49.2 Å². The Kier molecular flexibility index (Phi) is 5.97. The van der Waals surface area contributed by atoms with Gasteiger partial charge >= 0.3 is 0 Å². The van der Waals surface area contributed by atoms with Crippen LogP contribution in [-0.4, -0.2) is 41.6 Å². The third-order valence-electron chi connectivity index (χ3n) is 5.72. The summed E-state index contributed by atoms with van der Waals surface area (Å²) in [4.78, 5) is 18.1. The number of anilines is 1. The fourth-order valence-electron chi connectivity index (χ4n) is 3.97. The van der Waals surface area contributed by atoms with E-state index in [0.29, 0.717) is 22.9 Å². The molecule has 1 N–H and O–H groups in total. The van der Waals surface area contributed by atoms with E-state index in [1.807, 2.05) is 12.1 Å². The molecule has 168 valence electrons. The number of pyridine rings is 2. The molecule has 0 spiro atoms. The van der Waals surface area contributed by atoms with Gasteiger partial charge in [0.05, 0.1) is 33.7 Å². The molecule has 1 saturated heterocycles. The first-order valence-corrected chi connectivity index (χ1v) is 12.3. The first-order chi connectivity index (χ1) is 16.1. The molecule has 1 aliphatic rings. The van der Waals surface area contributed by atoms with E-state index in [2.05, 4.69) is 19.7 Å². The van der Waals surface area contributed by atoms with Crippen molar-refractivity contribution < 1.29 is 13.2 Å². The minimum atomic E-state index is -3.71. The Morgan fingerprint density at radius 3 is 2.64 bits per heavy atom. The van der Waals surface area contributed by atoms with Crippen LogP contribution >= 0.6 is 0 Å². The van der Waals surface area contributed by atoms with Crippen LogP contribution in [0.4, 0.5) is 5.69 Å². The van der Waals surface area contributed by atoms with Gasteiger partial charge in [-0.1, -0.05) is 18.2 Å². The summed E-state index contributed by atoms with van der Waals surface area (Å²) in [6.07, 6.45) is 7.57. The number of sulfonamides is 1. The molecule has 1 aromatic carbocycles. The van der Waals surface area contributed by atoms with Crippen LogP contribution in [0.3, 0.4) is 0 Å². The fraction of sp³-hybridized carbons (Fsp3) is 0.250.